The molecule has 136 valence electrons. The zero-order chi connectivity index (χ0) is 17.7. The molecule has 0 saturated carbocycles. The first kappa shape index (κ1) is 18.1. The van der Waals surface area contributed by atoms with Crippen LogP contribution in [0, 0.1) is 5.82 Å². The van der Waals surface area contributed by atoms with Gasteiger partial charge in [-0.1, -0.05) is 12.1 Å². The van der Waals surface area contributed by atoms with Crippen molar-refractivity contribution in [1.82, 2.24) is 9.62 Å². The SMILES string of the molecule is O=S(=O)(Cc1cccc(F)c1)NC[C@H](c1ccco1)N1CCOCC1. The minimum Gasteiger partial charge on any atom is -0.468 e. The Labute approximate surface area is 146 Å². The van der Waals surface area contributed by atoms with Gasteiger partial charge in [0.15, 0.2) is 0 Å². The van der Waals surface area contributed by atoms with E-state index in [1.165, 1.54) is 18.2 Å². The van der Waals surface area contributed by atoms with E-state index >= 15 is 0 Å². The average Bonchev–Trinajstić information content (AvgIpc) is 3.10. The Bertz CT molecular complexity index is 774. The van der Waals surface area contributed by atoms with E-state index < -0.39 is 15.8 Å². The molecule has 0 unspecified atom stereocenters. The van der Waals surface area contributed by atoms with E-state index in [2.05, 4.69) is 9.62 Å². The standard InChI is InChI=1S/C17H21FN2O4S/c18-15-4-1-3-14(11-15)13-25(21,22)19-12-16(17-5-2-8-24-17)20-6-9-23-10-7-20/h1-5,8,11,16,19H,6-7,9-10,12-13H2/t16-/m1/s1. The second-order valence-electron chi connectivity index (χ2n) is 5.92. The minimum absolute atomic E-state index is 0.186. The number of rotatable bonds is 7. The number of nitrogens with zero attached hydrogens (tertiary/aromatic N) is 1. The quantitative estimate of drug-likeness (QED) is 0.808. The number of halogens is 1. The number of sulfonamides is 1. The van der Waals surface area contributed by atoms with E-state index in [0.717, 1.165) is 0 Å². The van der Waals surface area contributed by atoms with Crippen LogP contribution >= 0.6 is 0 Å². The normalized spacial score (nSPS) is 17.5. The highest BCUT2D eigenvalue weighted by atomic mass is 32.2. The van der Waals surface area contributed by atoms with Crippen LogP contribution in [0.5, 0.6) is 0 Å². The van der Waals surface area contributed by atoms with Crippen molar-refractivity contribution in [3.8, 4) is 0 Å². The molecule has 2 heterocycles. The fourth-order valence-electron chi connectivity index (χ4n) is 2.88. The molecule has 1 aromatic heterocycles. The van der Waals surface area contributed by atoms with Gasteiger partial charge in [-0.25, -0.2) is 17.5 Å². The van der Waals surface area contributed by atoms with Crippen LogP contribution in [0.25, 0.3) is 0 Å². The molecule has 25 heavy (non-hydrogen) atoms. The molecule has 3 rings (SSSR count). The molecule has 0 amide bonds. The van der Waals surface area contributed by atoms with Crippen molar-refractivity contribution in [3.05, 3.63) is 59.8 Å². The molecule has 8 heteroatoms. The zero-order valence-electron chi connectivity index (χ0n) is 13.7. The fraction of sp³-hybridized carbons (Fsp3) is 0.412. The Kier molecular flexibility index (Phi) is 5.85. The Balaban J connectivity index is 1.67. The van der Waals surface area contributed by atoms with E-state index in [4.69, 9.17) is 9.15 Å². The van der Waals surface area contributed by atoms with E-state index in [1.54, 1.807) is 18.4 Å². The van der Waals surface area contributed by atoms with Crippen molar-refractivity contribution in [1.29, 1.82) is 0 Å². The summed E-state index contributed by atoms with van der Waals surface area (Å²) in [5.74, 6) is -0.0107. The minimum atomic E-state index is -3.59. The largest absolute Gasteiger partial charge is 0.468 e. The number of ether oxygens (including phenoxy) is 1. The summed E-state index contributed by atoms with van der Waals surface area (Å²) >= 11 is 0. The molecule has 0 spiro atoms. The van der Waals surface area contributed by atoms with Gasteiger partial charge in [0.25, 0.3) is 0 Å². The Morgan fingerprint density at radius 2 is 2.00 bits per heavy atom. The average molecular weight is 368 g/mol. The third-order valence-electron chi connectivity index (χ3n) is 4.10. The number of benzene rings is 1. The van der Waals surface area contributed by atoms with Crippen LogP contribution in [0.4, 0.5) is 4.39 Å². The van der Waals surface area contributed by atoms with Crippen LogP contribution in [0.15, 0.2) is 47.1 Å². The maximum atomic E-state index is 13.2. The Morgan fingerprint density at radius 3 is 2.68 bits per heavy atom. The van der Waals surface area contributed by atoms with Crippen molar-refractivity contribution in [2.45, 2.75) is 11.8 Å². The highest BCUT2D eigenvalue weighted by molar-refractivity contribution is 7.88. The van der Waals surface area contributed by atoms with Crippen molar-refractivity contribution >= 4 is 10.0 Å². The van der Waals surface area contributed by atoms with Gasteiger partial charge in [0.1, 0.15) is 11.6 Å². The summed E-state index contributed by atoms with van der Waals surface area (Å²) in [4.78, 5) is 2.13. The lowest BCUT2D eigenvalue weighted by atomic mass is 10.2. The number of hydrogen-bond acceptors (Lipinski definition) is 5. The summed E-state index contributed by atoms with van der Waals surface area (Å²) in [6, 6.07) is 9.01. The van der Waals surface area contributed by atoms with Crippen LogP contribution < -0.4 is 4.72 Å². The highest BCUT2D eigenvalue weighted by Gasteiger charge is 2.26. The molecule has 1 aromatic carbocycles. The van der Waals surface area contributed by atoms with Gasteiger partial charge in [0.2, 0.25) is 10.0 Å². The molecule has 1 N–H and O–H groups in total. The van der Waals surface area contributed by atoms with Gasteiger partial charge < -0.3 is 9.15 Å². The molecule has 1 aliphatic rings. The Hall–Kier alpha value is -1.74. The molecule has 1 aliphatic heterocycles. The summed E-state index contributed by atoms with van der Waals surface area (Å²) in [5, 5.41) is 0. The molecule has 0 aliphatic carbocycles. The second-order valence-corrected chi connectivity index (χ2v) is 7.72. The van der Waals surface area contributed by atoms with E-state index in [9.17, 15) is 12.8 Å². The van der Waals surface area contributed by atoms with Gasteiger partial charge in [-0.15, -0.1) is 0 Å². The van der Waals surface area contributed by atoms with Crippen molar-refractivity contribution in [2.75, 3.05) is 32.8 Å². The number of morpholine rings is 1. The van der Waals surface area contributed by atoms with Gasteiger partial charge in [-0.05, 0) is 29.8 Å². The molecular formula is C17H21FN2O4S. The molecular weight excluding hydrogens is 347 g/mol. The number of nitrogens with one attached hydrogen (secondary N) is 1. The first-order chi connectivity index (χ1) is 12.0. The molecule has 0 radical (unpaired) electrons. The maximum absolute atomic E-state index is 13.2. The van der Waals surface area contributed by atoms with Gasteiger partial charge in [0, 0.05) is 19.6 Å². The molecule has 0 bridgehead atoms. The molecule has 2 aromatic rings. The zero-order valence-corrected chi connectivity index (χ0v) is 14.5. The van der Waals surface area contributed by atoms with Crippen LogP contribution in [0.2, 0.25) is 0 Å². The predicted molar refractivity (Wildman–Crippen MR) is 90.9 cm³/mol. The summed E-state index contributed by atoms with van der Waals surface area (Å²) in [6.45, 7) is 2.81. The topological polar surface area (TPSA) is 71.8 Å². The third kappa shape index (κ3) is 5.12. The van der Waals surface area contributed by atoms with E-state index in [0.29, 0.717) is 37.6 Å². The summed E-state index contributed by atoms with van der Waals surface area (Å²) in [6.07, 6.45) is 1.57. The molecule has 1 saturated heterocycles. The van der Waals surface area contributed by atoms with Crippen molar-refractivity contribution < 1.29 is 22.0 Å². The number of hydrogen-bond donors (Lipinski definition) is 1. The second kappa shape index (κ2) is 8.09. The predicted octanol–water partition coefficient (Wildman–Crippen LogP) is 1.91. The summed E-state index contributed by atoms with van der Waals surface area (Å²) < 4.78 is 51.4. The van der Waals surface area contributed by atoms with Gasteiger partial charge >= 0.3 is 0 Å². The summed E-state index contributed by atoms with van der Waals surface area (Å²) in [5.41, 5.74) is 0.411. The van der Waals surface area contributed by atoms with Gasteiger partial charge in [-0.2, -0.15) is 0 Å². The van der Waals surface area contributed by atoms with E-state index in [1.807, 2.05) is 6.07 Å². The molecule has 1 fully saturated rings. The fourth-order valence-corrected chi connectivity index (χ4v) is 4.02. The maximum Gasteiger partial charge on any atom is 0.215 e. The van der Waals surface area contributed by atoms with Crippen LogP contribution in [0.1, 0.15) is 17.4 Å². The van der Waals surface area contributed by atoms with E-state index in [-0.39, 0.29) is 18.3 Å². The van der Waals surface area contributed by atoms with Crippen molar-refractivity contribution in [2.24, 2.45) is 0 Å². The lowest BCUT2D eigenvalue weighted by Gasteiger charge is -2.33. The van der Waals surface area contributed by atoms with Crippen LogP contribution in [-0.4, -0.2) is 46.2 Å². The van der Waals surface area contributed by atoms with Crippen molar-refractivity contribution in [3.63, 3.8) is 0 Å². The molecule has 1 atom stereocenters. The van der Waals surface area contributed by atoms with Crippen LogP contribution in [0.3, 0.4) is 0 Å². The first-order valence-corrected chi connectivity index (χ1v) is 9.76. The monoisotopic (exact) mass is 368 g/mol. The Morgan fingerprint density at radius 1 is 1.20 bits per heavy atom. The first-order valence-electron chi connectivity index (χ1n) is 8.10. The highest BCUT2D eigenvalue weighted by Crippen LogP contribution is 2.22. The van der Waals surface area contributed by atoms with Crippen LogP contribution in [-0.2, 0) is 20.5 Å². The summed E-state index contributed by atoms with van der Waals surface area (Å²) in [7, 11) is -3.59. The smallest absolute Gasteiger partial charge is 0.215 e. The third-order valence-corrected chi connectivity index (χ3v) is 5.42. The lowest BCUT2D eigenvalue weighted by Crippen LogP contribution is -2.43. The van der Waals surface area contributed by atoms with Gasteiger partial charge in [0.05, 0.1) is 31.3 Å². The molecule has 6 nitrogen and oxygen atoms in total. The van der Waals surface area contributed by atoms with Gasteiger partial charge in [-0.3, -0.25) is 4.90 Å². The number of furan rings is 1. The lowest BCUT2D eigenvalue weighted by molar-refractivity contribution is 0.0128.